The number of pyridine rings is 1. The highest BCUT2D eigenvalue weighted by Crippen LogP contribution is 2.32. The molecule has 0 radical (unpaired) electrons. The number of rotatable bonds is 5. The van der Waals surface area contributed by atoms with Gasteiger partial charge in [-0.05, 0) is 35.7 Å². The van der Waals surface area contributed by atoms with Gasteiger partial charge in [-0.25, -0.2) is 0 Å². The van der Waals surface area contributed by atoms with Gasteiger partial charge in [-0.15, -0.1) is 0 Å². The van der Waals surface area contributed by atoms with Crippen molar-refractivity contribution in [3.05, 3.63) is 65.9 Å². The van der Waals surface area contributed by atoms with E-state index in [4.69, 9.17) is 9.47 Å². The standard InChI is InChI=1S/C21H22N4O2/c1-22-21(25-13-15-7-8-18-19(12-15)27-14-26-18)24-11-9-17-5-2-4-16-6-3-10-23-20(16)17/h2-8,10,12H,9,11,13-14H2,1H3,(H2,22,24,25). The van der Waals surface area contributed by atoms with E-state index in [0.717, 1.165) is 41.5 Å². The quantitative estimate of drug-likeness (QED) is 0.540. The fourth-order valence-electron chi connectivity index (χ4n) is 3.14. The van der Waals surface area contributed by atoms with Gasteiger partial charge in [-0.3, -0.25) is 9.98 Å². The number of fused-ring (bicyclic) bond motifs is 2. The molecular formula is C21H22N4O2. The Bertz CT molecular complexity index is 966. The van der Waals surface area contributed by atoms with Crippen LogP contribution in [0.4, 0.5) is 0 Å². The van der Waals surface area contributed by atoms with Crippen LogP contribution in [0.1, 0.15) is 11.1 Å². The van der Waals surface area contributed by atoms with Crippen molar-refractivity contribution in [1.29, 1.82) is 0 Å². The molecule has 0 unspecified atom stereocenters. The van der Waals surface area contributed by atoms with E-state index in [1.807, 2.05) is 30.5 Å². The number of hydrogen-bond donors (Lipinski definition) is 2. The van der Waals surface area contributed by atoms with Crippen molar-refractivity contribution < 1.29 is 9.47 Å². The highest BCUT2D eigenvalue weighted by molar-refractivity contribution is 5.82. The summed E-state index contributed by atoms with van der Waals surface area (Å²) in [5.41, 5.74) is 3.40. The van der Waals surface area contributed by atoms with Gasteiger partial charge in [-0.1, -0.05) is 30.3 Å². The molecule has 0 aliphatic carbocycles. The molecule has 0 fully saturated rings. The average molecular weight is 362 g/mol. The van der Waals surface area contributed by atoms with Crippen molar-refractivity contribution in [1.82, 2.24) is 15.6 Å². The van der Waals surface area contributed by atoms with Gasteiger partial charge in [0.15, 0.2) is 17.5 Å². The van der Waals surface area contributed by atoms with Gasteiger partial charge in [0.1, 0.15) is 0 Å². The van der Waals surface area contributed by atoms with Crippen LogP contribution < -0.4 is 20.1 Å². The zero-order valence-electron chi connectivity index (χ0n) is 15.2. The summed E-state index contributed by atoms with van der Waals surface area (Å²) in [6.45, 7) is 1.72. The van der Waals surface area contributed by atoms with Gasteiger partial charge < -0.3 is 20.1 Å². The molecule has 2 N–H and O–H groups in total. The van der Waals surface area contributed by atoms with Gasteiger partial charge in [0.25, 0.3) is 0 Å². The summed E-state index contributed by atoms with van der Waals surface area (Å²) < 4.78 is 10.8. The summed E-state index contributed by atoms with van der Waals surface area (Å²) in [5.74, 6) is 2.35. The highest BCUT2D eigenvalue weighted by Gasteiger charge is 2.13. The number of ether oxygens (including phenoxy) is 2. The highest BCUT2D eigenvalue weighted by atomic mass is 16.7. The number of hydrogen-bond acceptors (Lipinski definition) is 4. The third-order valence-corrected chi connectivity index (χ3v) is 4.52. The van der Waals surface area contributed by atoms with Crippen LogP contribution in [-0.4, -0.2) is 31.3 Å². The van der Waals surface area contributed by atoms with Crippen molar-refractivity contribution in [2.45, 2.75) is 13.0 Å². The minimum Gasteiger partial charge on any atom is -0.454 e. The minimum absolute atomic E-state index is 0.290. The lowest BCUT2D eigenvalue weighted by Gasteiger charge is -2.13. The van der Waals surface area contributed by atoms with Gasteiger partial charge in [-0.2, -0.15) is 0 Å². The first kappa shape index (κ1) is 17.1. The molecular weight excluding hydrogens is 340 g/mol. The maximum Gasteiger partial charge on any atom is 0.231 e. The molecule has 0 saturated heterocycles. The molecule has 1 aliphatic rings. The van der Waals surface area contributed by atoms with Crippen LogP contribution in [0.5, 0.6) is 11.5 Å². The van der Waals surface area contributed by atoms with Crippen LogP contribution in [0.25, 0.3) is 10.9 Å². The summed E-state index contributed by atoms with van der Waals surface area (Å²) in [6.07, 6.45) is 2.71. The maximum absolute atomic E-state index is 5.42. The Morgan fingerprint density at radius 2 is 1.96 bits per heavy atom. The van der Waals surface area contributed by atoms with E-state index in [1.54, 1.807) is 7.05 Å². The molecule has 27 heavy (non-hydrogen) atoms. The number of benzene rings is 2. The fraction of sp³-hybridized carbons (Fsp3) is 0.238. The summed E-state index contributed by atoms with van der Waals surface area (Å²) >= 11 is 0. The lowest BCUT2D eigenvalue weighted by molar-refractivity contribution is 0.174. The summed E-state index contributed by atoms with van der Waals surface area (Å²) in [4.78, 5) is 8.80. The number of nitrogens with one attached hydrogen (secondary N) is 2. The lowest BCUT2D eigenvalue weighted by atomic mass is 10.1. The Morgan fingerprint density at radius 1 is 1.07 bits per heavy atom. The van der Waals surface area contributed by atoms with Crippen LogP contribution in [0.15, 0.2) is 59.7 Å². The van der Waals surface area contributed by atoms with E-state index in [0.29, 0.717) is 13.3 Å². The topological polar surface area (TPSA) is 67.8 Å². The average Bonchev–Trinajstić information content (AvgIpc) is 3.18. The van der Waals surface area contributed by atoms with Gasteiger partial charge >= 0.3 is 0 Å². The van der Waals surface area contributed by atoms with E-state index in [-0.39, 0.29) is 0 Å². The zero-order valence-corrected chi connectivity index (χ0v) is 15.2. The van der Waals surface area contributed by atoms with E-state index in [2.05, 4.69) is 44.9 Å². The smallest absolute Gasteiger partial charge is 0.231 e. The number of aromatic nitrogens is 1. The number of para-hydroxylation sites is 1. The van der Waals surface area contributed by atoms with Crippen molar-refractivity contribution >= 4 is 16.9 Å². The third-order valence-electron chi connectivity index (χ3n) is 4.52. The van der Waals surface area contributed by atoms with Crippen molar-refractivity contribution in [2.75, 3.05) is 20.4 Å². The van der Waals surface area contributed by atoms with Crippen LogP contribution in [0.2, 0.25) is 0 Å². The number of nitrogens with zero attached hydrogens (tertiary/aromatic N) is 2. The van der Waals surface area contributed by atoms with Crippen LogP contribution in [-0.2, 0) is 13.0 Å². The van der Waals surface area contributed by atoms with Crippen LogP contribution in [0.3, 0.4) is 0 Å². The lowest BCUT2D eigenvalue weighted by Crippen LogP contribution is -2.37. The molecule has 4 rings (SSSR count). The second-order valence-corrected chi connectivity index (χ2v) is 6.28. The zero-order chi connectivity index (χ0) is 18.5. The molecule has 0 spiro atoms. The van der Waals surface area contributed by atoms with Crippen molar-refractivity contribution in [3.8, 4) is 11.5 Å². The Balaban J connectivity index is 1.32. The summed E-state index contributed by atoms with van der Waals surface area (Å²) in [7, 11) is 1.77. The molecule has 1 aliphatic heterocycles. The third kappa shape index (κ3) is 3.95. The molecule has 6 nitrogen and oxygen atoms in total. The van der Waals surface area contributed by atoms with Crippen LogP contribution in [0, 0.1) is 0 Å². The molecule has 138 valence electrons. The number of aliphatic imine (C=N–C) groups is 1. The maximum atomic E-state index is 5.42. The Morgan fingerprint density at radius 3 is 2.89 bits per heavy atom. The molecule has 0 atom stereocenters. The Labute approximate surface area is 158 Å². The van der Waals surface area contributed by atoms with Gasteiger partial charge in [0.2, 0.25) is 6.79 Å². The first-order valence-electron chi connectivity index (χ1n) is 8.99. The number of guanidine groups is 1. The predicted molar refractivity (Wildman–Crippen MR) is 106 cm³/mol. The molecule has 2 aromatic carbocycles. The largest absolute Gasteiger partial charge is 0.454 e. The van der Waals surface area contributed by atoms with Crippen molar-refractivity contribution in [2.24, 2.45) is 4.99 Å². The Kier molecular flexibility index (Phi) is 5.05. The molecule has 2 heterocycles. The normalized spacial score (nSPS) is 13.0. The molecule has 0 bridgehead atoms. The molecule has 1 aromatic heterocycles. The van der Waals surface area contributed by atoms with E-state index < -0.39 is 0 Å². The first-order valence-corrected chi connectivity index (χ1v) is 8.99. The second-order valence-electron chi connectivity index (χ2n) is 6.28. The predicted octanol–water partition coefficient (Wildman–Crippen LogP) is 2.87. The van der Waals surface area contributed by atoms with Crippen LogP contribution >= 0.6 is 0 Å². The summed E-state index contributed by atoms with van der Waals surface area (Å²) in [5, 5.41) is 7.85. The van der Waals surface area contributed by atoms with Crippen molar-refractivity contribution in [3.63, 3.8) is 0 Å². The summed E-state index contributed by atoms with van der Waals surface area (Å²) in [6, 6.07) is 16.3. The van der Waals surface area contributed by atoms with Gasteiger partial charge in [0, 0.05) is 31.7 Å². The SMILES string of the molecule is CN=C(NCCc1cccc2cccnc12)NCc1ccc2c(c1)OCO2. The first-order chi connectivity index (χ1) is 13.3. The molecule has 3 aromatic rings. The molecule has 0 amide bonds. The molecule has 6 heteroatoms. The fourth-order valence-corrected chi connectivity index (χ4v) is 3.14. The van der Waals surface area contributed by atoms with E-state index >= 15 is 0 Å². The minimum atomic E-state index is 0.290. The monoisotopic (exact) mass is 362 g/mol. The Hall–Kier alpha value is -3.28. The van der Waals surface area contributed by atoms with E-state index in [9.17, 15) is 0 Å². The van der Waals surface area contributed by atoms with Gasteiger partial charge in [0.05, 0.1) is 5.52 Å². The van der Waals surface area contributed by atoms with E-state index in [1.165, 1.54) is 10.9 Å². The molecule has 0 saturated carbocycles. The second kappa shape index (κ2) is 7.95.